The number of amides is 1. The van der Waals surface area contributed by atoms with E-state index >= 15 is 0 Å². The molecule has 2 aromatic rings. The van der Waals surface area contributed by atoms with Crippen LogP contribution in [0.4, 0.5) is 8.78 Å². The molecule has 132 valence electrons. The molecule has 0 spiro atoms. The van der Waals surface area contributed by atoms with E-state index in [4.69, 9.17) is 9.15 Å². The number of nitrogens with one attached hydrogen (secondary N) is 1. The molecule has 1 aromatic heterocycles. The van der Waals surface area contributed by atoms with E-state index in [9.17, 15) is 13.6 Å². The summed E-state index contributed by atoms with van der Waals surface area (Å²) in [7, 11) is 0. The Morgan fingerprint density at radius 1 is 1.24 bits per heavy atom. The van der Waals surface area contributed by atoms with Crippen LogP contribution in [0.3, 0.4) is 0 Å². The summed E-state index contributed by atoms with van der Waals surface area (Å²) in [6.45, 7) is 0.756. The van der Waals surface area contributed by atoms with E-state index in [1.807, 2.05) is 0 Å². The third-order valence-corrected chi connectivity index (χ3v) is 4.91. The van der Waals surface area contributed by atoms with Gasteiger partial charge < -0.3 is 14.5 Å². The standard InChI is InChI=1S/C18H18F2N2O3/c19-12-3-4-13(14(20)9-12)18(5-7-24-8-6-18)22-17(23)16-15(11-1-2-11)21-10-25-16/h3-4,9-11H,1-2,5-8H2,(H,22,23). The molecule has 1 amide bonds. The molecule has 25 heavy (non-hydrogen) atoms. The van der Waals surface area contributed by atoms with Crippen LogP contribution in [0, 0.1) is 11.6 Å². The molecule has 2 aliphatic rings. The zero-order valence-electron chi connectivity index (χ0n) is 13.6. The maximum Gasteiger partial charge on any atom is 0.289 e. The van der Waals surface area contributed by atoms with Crippen molar-refractivity contribution in [2.45, 2.75) is 37.1 Å². The minimum atomic E-state index is -0.958. The number of ether oxygens (including phenoxy) is 1. The molecule has 1 aliphatic carbocycles. The fourth-order valence-electron chi connectivity index (χ4n) is 3.41. The second-order valence-electron chi connectivity index (χ2n) is 6.61. The molecule has 1 saturated heterocycles. The molecule has 1 N–H and O–H groups in total. The number of nitrogens with zero attached hydrogens (tertiary/aromatic N) is 1. The lowest BCUT2D eigenvalue weighted by Gasteiger charge is -2.38. The molecule has 4 rings (SSSR count). The van der Waals surface area contributed by atoms with Gasteiger partial charge in [-0.3, -0.25) is 4.79 Å². The first-order valence-electron chi connectivity index (χ1n) is 8.38. The van der Waals surface area contributed by atoms with Crippen LogP contribution in [0.5, 0.6) is 0 Å². The number of benzene rings is 1. The second-order valence-corrected chi connectivity index (χ2v) is 6.61. The van der Waals surface area contributed by atoms with Crippen LogP contribution in [-0.4, -0.2) is 24.1 Å². The largest absolute Gasteiger partial charge is 0.438 e. The predicted octanol–water partition coefficient (Wildman–Crippen LogP) is 3.27. The van der Waals surface area contributed by atoms with Crippen LogP contribution >= 0.6 is 0 Å². The van der Waals surface area contributed by atoms with Crippen molar-refractivity contribution in [3.8, 4) is 0 Å². The third-order valence-electron chi connectivity index (χ3n) is 4.91. The highest BCUT2D eigenvalue weighted by atomic mass is 19.1. The van der Waals surface area contributed by atoms with Gasteiger partial charge in [0.2, 0.25) is 5.76 Å². The van der Waals surface area contributed by atoms with Gasteiger partial charge in [0, 0.05) is 30.8 Å². The van der Waals surface area contributed by atoms with Gasteiger partial charge in [-0.2, -0.15) is 0 Å². The van der Waals surface area contributed by atoms with Gasteiger partial charge >= 0.3 is 0 Å². The van der Waals surface area contributed by atoms with E-state index < -0.39 is 23.1 Å². The van der Waals surface area contributed by atoms with Gasteiger partial charge in [0.15, 0.2) is 6.39 Å². The highest BCUT2D eigenvalue weighted by Crippen LogP contribution is 2.41. The van der Waals surface area contributed by atoms with Crippen LogP contribution in [0.15, 0.2) is 29.0 Å². The van der Waals surface area contributed by atoms with E-state index in [0.717, 1.165) is 18.9 Å². The molecule has 2 fully saturated rings. The first kappa shape index (κ1) is 16.2. The van der Waals surface area contributed by atoms with Gasteiger partial charge in [0.1, 0.15) is 11.6 Å². The van der Waals surface area contributed by atoms with Gasteiger partial charge in [0.25, 0.3) is 5.91 Å². The Morgan fingerprint density at radius 3 is 2.68 bits per heavy atom. The highest BCUT2D eigenvalue weighted by Gasteiger charge is 2.40. The van der Waals surface area contributed by atoms with Crippen molar-refractivity contribution in [1.29, 1.82) is 0 Å². The Morgan fingerprint density at radius 2 is 2.00 bits per heavy atom. The minimum absolute atomic E-state index is 0.177. The number of carbonyl (C=O) groups excluding carboxylic acids is 1. The van der Waals surface area contributed by atoms with E-state index in [0.29, 0.717) is 31.7 Å². The summed E-state index contributed by atoms with van der Waals surface area (Å²) in [5, 5.41) is 2.92. The molecular formula is C18H18F2N2O3. The van der Waals surface area contributed by atoms with Gasteiger partial charge in [-0.05, 0) is 31.7 Å². The minimum Gasteiger partial charge on any atom is -0.438 e. The Bertz CT molecular complexity index is 795. The van der Waals surface area contributed by atoms with Crippen molar-refractivity contribution in [2.24, 2.45) is 0 Å². The van der Waals surface area contributed by atoms with Crippen LogP contribution in [0.25, 0.3) is 0 Å². The summed E-state index contributed by atoms with van der Waals surface area (Å²) in [6.07, 6.45) is 4.02. The maximum atomic E-state index is 14.4. The summed E-state index contributed by atoms with van der Waals surface area (Å²) in [4.78, 5) is 16.9. The van der Waals surface area contributed by atoms with Crippen LogP contribution in [0.1, 0.15) is 53.4 Å². The normalized spacial score (nSPS) is 19.6. The molecule has 1 aromatic carbocycles. The zero-order chi connectivity index (χ0) is 17.4. The van der Waals surface area contributed by atoms with E-state index in [1.165, 1.54) is 18.5 Å². The van der Waals surface area contributed by atoms with Crippen molar-refractivity contribution in [2.75, 3.05) is 13.2 Å². The second kappa shape index (κ2) is 6.22. The Balaban J connectivity index is 1.67. The average molecular weight is 348 g/mol. The van der Waals surface area contributed by atoms with E-state index in [-0.39, 0.29) is 17.2 Å². The summed E-state index contributed by atoms with van der Waals surface area (Å²) >= 11 is 0. The van der Waals surface area contributed by atoms with Crippen molar-refractivity contribution in [3.63, 3.8) is 0 Å². The molecular weight excluding hydrogens is 330 g/mol. The Kier molecular flexibility index (Phi) is 4.03. The lowest BCUT2D eigenvalue weighted by atomic mass is 9.82. The molecule has 0 unspecified atom stereocenters. The van der Waals surface area contributed by atoms with Crippen molar-refractivity contribution < 1.29 is 22.7 Å². The van der Waals surface area contributed by atoms with Crippen molar-refractivity contribution in [1.82, 2.24) is 10.3 Å². The summed E-state index contributed by atoms with van der Waals surface area (Å²) in [5.41, 5.74) is -0.0434. The fraction of sp³-hybridized carbons (Fsp3) is 0.444. The molecule has 7 heteroatoms. The topological polar surface area (TPSA) is 64.4 Å². The monoisotopic (exact) mass is 348 g/mol. The molecule has 1 aliphatic heterocycles. The van der Waals surface area contributed by atoms with Gasteiger partial charge in [-0.1, -0.05) is 6.07 Å². The number of hydrogen-bond donors (Lipinski definition) is 1. The summed E-state index contributed by atoms with van der Waals surface area (Å²) < 4.78 is 38.4. The smallest absolute Gasteiger partial charge is 0.289 e. The molecule has 0 radical (unpaired) electrons. The maximum absolute atomic E-state index is 14.4. The molecule has 0 atom stereocenters. The molecule has 5 nitrogen and oxygen atoms in total. The van der Waals surface area contributed by atoms with E-state index in [2.05, 4.69) is 10.3 Å². The number of aromatic nitrogens is 1. The number of hydrogen-bond acceptors (Lipinski definition) is 4. The first-order chi connectivity index (χ1) is 12.1. The summed E-state index contributed by atoms with van der Waals surface area (Å²) in [6, 6.07) is 3.42. The average Bonchev–Trinajstić information content (AvgIpc) is 3.32. The van der Waals surface area contributed by atoms with Crippen molar-refractivity contribution >= 4 is 5.91 Å². The van der Waals surface area contributed by atoms with Gasteiger partial charge in [-0.25, -0.2) is 13.8 Å². The van der Waals surface area contributed by atoms with Crippen molar-refractivity contribution in [3.05, 3.63) is 53.2 Å². The predicted molar refractivity (Wildman–Crippen MR) is 84.0 cm³/mol. The first-order valence-corrected chi connectivity index (χ1v) is 8.38. The summed E-state index contributed by atoms with van der Waals surface area (Å²) in [5.74, 6) is -1.32. The molecule has 1 saturated carbocycles. The lowest BCUT2D eigenvalue weighted by molar-refractivity contribution is 0.0325. The Hall–Kier alpha value is -2.28. The Labute approximate surface area is 143 Å². The molecule has 2 heterocycles. The number of carbonyl (C=O) groups is 1. The SMILES string of the molecule is O=C(NC1(c2ccc(F)cc2F)CCOCC1)c1ocnc1C1CC1. The van der Waals surface area contributed by atoms with Gasteiger partial charge in [0.05, 0.1) is 11.2 Å². The number of oxazole rings is 1. The molecule has 0 bridgehead atoms. The lowest BCUT2D eigenvalue weighted by Crippen LogP contribution is -2.50. The van der Waals surface area contributed by atoms with Crippen LogP contribution in [-0.2, 0) is 10.3 Å². The zero-order valence-corrected chi connectivity index (χ0v) is 13.6. The van der Waals surface area contributed by atoms with Crippen LogP contribution < -0.4 is 5.32 Å². The third kappa shape index (κ3) is 3.04. The fourth-order valence-corrected chi connectivity index (χ4v) is 3.41. The van der Waals surface area contributed by atoms with Crippen LogP contribution in [0.2, 0.25) is 0 Å². The van der Waals surface area contributed by atoms with Gasteiger partial charge in [-0.15, -0.1) is 0 Å². The quantitative estimate of drug-likeness (QED) is 0.921. The number of halogens is 2. The number of rotatable bonds is 4. The van der Waals surface area contributed by atoms with E-state index in [1.54, 1.807) is 0 Å². The highest BCUT2D eigenvalue weighted by molar-refractivity contribution is 5.93.